The number of fused-ring (bicyclic) bond motifs is 1. The van der Waals surface area contributed by atoms with Crippen LogP contribution in [0, 0.1) is 6.92 Å². The summed E-state index contributed by atoms with van der Waals surface area (Å²) in [5.41, 5.74) is 1.60. The van der Waals surface area contributed by atoms with E-state index in [0.717, 1.165) is 0 Å². The van der Waals surface area contributed by atoms with Crippen LogP contribution in [0.15, 0.2) is 30.5 Å². The van der Waals surface area contributed by atoms with Gasteiger partial charge in [-0.3, -0.25) is 9.20 Å². The molecule has 2 aromatic heterocycles. The highest BCUT2D eigenvalue weighted by Gasteiger charge is 2.20. The first kappa shape index (κ1) is 16.4. The number of hydrogen-bond acceptors (Lipinski definition) is 2. The summed E-state index contributed by atoms with van der Waals surface area (Å²) in [6.07, 6.45) is 1.58. The minimum Gasteiger partial charge on any atom is -0.318 e. The molecule has 1 aromatic carbocycles. The van der Waals surface area contributed by atoms with E-state index < -0.39 is 5.91 Å². The molecule has 0 saturated carbocycles. The molecule has 1 amide bonds. The van der Waals surface area contributed by atoms with Crippen molar-refractivity contribution in [2.75, 3.05) is 5.32 Å². The van der Waals surface area contributed by atoms with Crippen molar-refractivity contribution in [1.82, 2.24) is 9.38 Å². The van der Waals surface area contributed by atoms with Crippen molar-refractivity contribution < 1.29 is 4.79 Å². The van der Waals surface area contributed by atoms with E-state index in [2.05, 4.69) is 10.3 Å². The van der Waals surface area contributed by atoms with Crippen LogP contribution >= 0.6 is 46.4 Å². The van der Waals surface area contributed by atoms with Crippen LogP contribution in [-0.2, 0) is 0 Å². The Morgan fingerprint density at radius 1 is 1.13 bits per heavy atom. The molecule has 4 nitrogen and oxygen atoms in total. The molecule has 0 bridgehead atoms. The summed E-state index contributed by atoms with van der Waals surface area (Å²) in [4.78, 5) is 17.0. The monoisotopic (exact) mass is 387 g/mol. The standard InChI is InChI=1S/C15H9Cl4N3O/c1-7-13(22-6-8(16)5-11(19)14(22)20-7)15(23)21-12-9(17)3-2-4-10(12)18/h2-6H,1H3,(H,21,23). The molecular formula is C15H9Cl4N3O. The molecule has 0 unspecified atom stereocenters. The summed E-state index contributed by atoms with van der Waals surface area (Å²) < 4.78 is 1.54. The number of rotatable bonds is 2. The lowest BCUT2D eigenvalue weighted by atomic mass is 10.2. The van der Waals surface area contributed by atoms with Crippen LogP contribution in [0.25, 0.3) is 5.65 Å². The number of nitrogens with zero attached hydrogens (tertiary/aromatic N) is 2. The Morgan fingerprint density at radius 2 is 1.78 bits per heavy atom. The van der Waals surface area contributed by atoms with E-state index in [1.807, 2.05) is 0 Å². The third kappa shape index (κ3) is 3.00. The maximum Gasteiger partial charge on any atom is 0.274 e. The van der Waals surface area contributed by atoms with Gasteiger partial charge in [0.15, 0.2) is 5.65 Å². The van der Waals surface area contributed by atoms with E-state index in [9.17, 15) is 4.79 Å². The van der Waals surface area contributed by atoms with Gasteiger partial charge >= 0.3 is 0 Å². The predicted molar refractivity (Wildman–Crippen MR) is 94.4 cm³/mol. The van der Waals surface area contributed by atoms with Crippen LogP contribution in [-0.4, -0.2) is 15.3 Å². The van der Waals surface area contributed by atoms with Gasteiger partial charge in [0.05, 0.1) is 31.5 Å². The number of pyridine rings is 1. The van der Waals surface area contributed by atoms with E-state index in [-0.39, 0.29) is 0 Å². The fourth-order valence-electron chi connectivity index (χ4n) is 2.25. The largest absolute Gasteiger partial charge is 0.318 e. The molecule has 0 aliphatic heterocycles. The molecule has 8 heteroatoms. The number of benzene rings is 1. The third-order valence-corrected chi connectivity index (χ3v) is 4.35. The quantitative estimate of drug-likeness (QED) is 0.629. The van der Waals surface area contributed by atoms with Gasteiger partial charge in [0.2, 0.25) is 0 Å². The molecule has 0 aliphatic rings. The molecule has 0 saturated heterocycles. The second kappa shape index (κ2) is 6.21. The Hall–Kier alpha value is -1.46. The summed E-state index contributed by atoms with van der Waals surface area (Å²) >= 11 is 24.3. The minimum absolute atomic E-state index is 0.306. The number of nitrogens with one attached hydrogen (secondary N) is 1. The average molecular weight is 389 g/mol. The first-order valence-electron chi connectivity index (χ1n) is 6.47. The molecule has 1 N–H and O–H groups in total. The highest BCUT2D eigenvalue weighted by molar-refractivity contribution is 6.40. The molecule has 3 aromatic rings. The lowest BCUT2D eigenvalue weighted by molar-refractivity contribution is 0.102. The van der Waals surface area contributed by atoms with Gasteiger partial charge in [0.25, 0.3) is 5.91 Å². The number of amides is 1. The number of halogens is 4. The maximum atomic E-state index is 12.7. The van der Waals surface area contributed by atoms with Crippen LogP contribution in [0.3, 0.4) is 0 Å². The van der Waals surface area contributed by atoms with Gasteiger partial charge in [-0.1, -0.05) is 52.5 Å². The number of anilines is 1. The fourth-order valence-corrected chi connectivity index (χ4v) is 3.26. The van der Waals surface area contributed by atoms with Crippen molar-refractivity contribution in [1.29, 1.82) is 0 Å². The van der Waals surface area contributed by atoms with Crippen LogP contribution in [0.2, 0.25) is 20.1 Å². The second-order valence-corrected chi connectivity index (χ2v) is 6.45. The Kier molecular flexibility index (Phi) is 4.43. The van der Waals surface area contributed by atoms with Crippen LogP contribution < -0.4 is 5.32 Å². The van der Waals surface area contributed by atoms with E-state index in [4.69, 9.17) is 46.4 Å². The maximum absolute atomic E-state index is 12.7. The highest BCUT2D eigenvalue weighted by atomic mass is 35.5. The molecule has 0 spiro atoms. The topological polar surface area (TPSA) is 46.4 Å². The van der Waals surface area contributed by atoms with Crippen LogP contribution in [0.4, 0.5) is 5.69 Å². The second-order valence-electron chi connectivity index (χ2n) is 4.80. The molecule has 118 valence electrons. The summed E-state index contributed by atoms with van der Waals surface area (Å²) in [5, 5.41) is 4.14. The number of carbonyl (C=O) groups excluding carboxylic acids is 1. The lowest BCUT2D eigenvalue weighted by Crippen LogP contribution is -2.16. The Labute approximate surface area is 151 Å². The molecule has 2 heterocycles. The minimum atomic E-state index is -0.414. The Morgan fingerprint density at radius 3 is 2.43 bits per heavy atom. The number of imidazole rings is 1. The summed E-state index contributed by atoms with van der Waals surface area (Å²) in [5.74, 6) is -0.414. The van der Waals surface area contributed by atoms with E-state index >= 15 is 0 Å². The smallest absolute Gasteiger partial charge is 0.274 e. The number of carbonyl (C=O) groups is 1. The molecule has 0 radical (unpaired) electrons. The first-order valence-corrected chi connectivity index (χ1v) is 7.98. The van der Waals surface area contributed by atoms with Gasteiger partial charge in [0.1, 0.15) is 5.69 Å². The van der Waals surface area contributed by atoms with Crippen molar-refractivity contribution in [2.24, 2.45) is 0 Å². The summed E-state index contributed by atoms with van der Waals surface area (Å²) in [6.45, 7) is 1.71. The zero-order valence-electron chi connectivity index (χ0n) is 11.7. The third-order valence-electron chi connectivity index (χ3n) is 3.23. The molecule has 3 rings (SSSR count). The van der Waals surface area contributed by atoms with Gasteiger partial charge in [-0.25, -0.2) is 4.98 Å². The van der Waals surface area contributed by atoms with Crippen molar-refractivity contribution in [2.45, 2.75) is 6.92 Å². The molecular weight excluding hydrogens is 380 g/mol. The lowest BCUT2D eigenvalue weighted by Gasteiger charge is -2.09. The van der Waals surface area contributed by atoms with Crippen molar-refractivity contribution in [3.05, 3.63) is 61.9 Å². The average Bonchev–Trinajstić information content (AvgIpc) is 2.79. The Balaban J connectivity index is 2.10. The van der Waals surface area contributed by atoms with E-state index in [1.54, 1.807) is 41.8 Å². The molecule has 0 atom stereocenters. The van der Waals surface area contributed by atoms with E-state index in [1.165, 1.54) is 0 Å². The Bertz CT molecular complexity index is 916. The van der Waals surface area contributed by atoms with Crippen molar-refractivity contribution >= 4 is 63.6 Å². The first-order chi connectivity index (χ1) is 10.9. The zero-order chi connectivity index (χ0) is 16.7. The highest BCUT2D eigenvalue weighted by Crippen LogP contribution is 2.31. The number of aromatic nitrogens is 2. The summed E-state index contributed by atoms with van der Waals surface area (Å²) in [7, 11) is 0. The van der Waals surface area contributed by atoms with Crippen LogP contribution in [0.1, 0.15) is 16.2 Å². The van der Waals surface area contributed by atoms with Gasteiger partial charge in [-0.2, -0.15) is 0 Å². The van der Waals surface area contributed by atoms with Gasteiger partial charge in [-0.15, -0.1) is 0 Å². The summed E-state index contributed by atoms with van der Waals surface area (Å²) in [6, 6.07) is 6.53. The van der Waals surface area contributed by atoms with Gasteiger partial charge in [-0.05, 0) is 25.1 Å². The number of aryl methyl sites for hydroxylation is 1. The van der Waals surface area contributed by atoms with Gasteiger partial charge < -0.3 is 5.32 Å². The predicted octanol–water partition coefficient (Wildman–Crippen LogP) is 5.51. The molecule has 23 heavy (non-hydrogen) atoms. The van der Waals surface area contributed by atoms with Gasteiger partial charge in [0, 0.05) is 6.20 Å². The zero-order valence-corrected chi connectivity index (χ0v) is 14.7. The molecule has 0 aliphatic carbocycles. The SMILES string of the molecule is Cc1nc2c(Cl)cc(Cl)cn2c1C(=O)Nc1c(Cl)cccc1Cl. The number of hydrogen-bond donors (Lipinski definition) is 1. The van der Waals surface area contributed by atoms with E-state index in [0.29, 0.717) is 42.8 Å². The number of para-hydroxylation sites is 1. The van der Waals surface area contributed by atoms with Crippen molar-refractivity contribution in [3.63, 3.8) is 0 Å². The molecule has 0 fully saturated rings. The van der Waals surface area contributed by atoms with Crippen LogP contribution in [0.5, 0.6) is 0 Å². The fraction of sp³-hybridized carbons (Fsp3) is 0.0667. The van der Waals surface area contributed by atoms with Crippen molar-refractivity contribution in [3.8, 4) is 0 Å². The normalized spacial score (nSPS) is 11.0.